The highest BCUT2D eigenvalue weighted by Gasteiger charge is 2.34. The van der Waals surface area contributed by atoms with E-state index in [4.69, 9.17) is 4.74 Å². The van der Waals surface area contributed by atoms with Crippen LogP contribution >= 0.6 is 11.3 Å². The van der Waals surface area contributed by atoms with E-state index in [1.165, 1.54) is 17.0 Å². The summed E-state index contributed by atoms with van der Waals surface area (Å²) in [4.78, 5) is 30.8. The highest BCUT2D eigenvalue weighted by molar-refractivity contribution is 7.10. The molecular weight excluding hydrogens is 429 g/mol. The second kappa shape index (κ2) is 11.3. The van der Waals surface area contributed by atoms with E-state index in [2.05, 4.69) is 5.32 Å². The van der Waals surface area contributed by atoms with E-state index in [1.54, 1.807) is 28.4 Å². The molecule has 0 unspecified atom stereocenters. The molecule has 0 saturated carbocycles. The smallest absolute Gasteiger partial charge is 0.318 e. The lowest BCUT2D eigenvalue weighted by Crippen LogP contribution is -2.52. The summed E-state index contributed by atoms with van der Waals surface area (Å²) in [5.74, 6) is 0.140. The Labute approximate surface area is 193 Å². The van der Waals surface area contributed by atoms with Crippen LogP contribution in [0.2, 0.25) is 0 Å². The molecule has 2 atom stereocenters. The molecule has 0 bridgehead atoms. The van der Waals surface area contributed by atoms with E-state index >= 15 is 0 Å². The number of ether oxygens (including phenoxy) is 1. The van der Waals surface area contributed by atoms with Crippen LogP contribution in [-0.2, 0) is 11.2 Å². The number of thiophene rings is 1. The van der Waals surface area contributed by atoms with Gasteiger partial charge in [0.2, 0.25) is 5.91 Å². The van der Waals surface area contributed by atoms with Gasteiger partial charge in [-0.2, -0.15) is 0 Å². The Morgan fingerprint density at radius 3 is 2.72 bits per heavy atom. The fourth-order valence-electron chi connectivity index (χ4n) is 3.80. The van der Waals surface area contributed by atoms with Gasteiger partial charge in [-0.1, -0.05) is 13.8 Å². The summed E-state index contributed by atoms with van der Waals surface area (Å²) < 4.78 is 19.2. The number of carbonyl (C=O) groups excluding carboxylic acids is 2. The van der Waals surface area contributed by atoms with Crippen LogP contribution in [0.3, 0.4) is 0 Å². The number of hydrogen-bond acceptors (Lipinski definition) is 4. The van der Waals surface area contributed by atoms with Crippen molar-refractivity contribution < 1.29 is 18.7 Å². The minimum Gasteiger partial charge on any atom is -0.491 e. The van der Waals surface area contributed by atoms with Crippen molar-refractivity contribution in [1.82, 2.24) is 15.1 Å². The first-order chi connectivity index (χ1) is 15.4. The normalized spacial score (nSPS) is 16.2. The summed E-state index contributed by atoms with van der Waals surface area (Å²) in [5, 5.41) is 4.93. The van der Waals surface area contributed by atoms with E-state index < -0.39 is 0 Å². The van der Waals surface area contributed by atoms with E-state index in [-0.39, 0.29) is 43.0 Å². The van der Waals surface area contributed by atoms with Gasteiger partial charge in [0.25, 0.3) is 0 Å². The molecule has 2 heterocycles. The lowest BCUT2D eigenvalue weighted by molar-refractivity contribution is -0.135. The molecule has 3 rings (SSSR count). The molecule has 8 heteroatoms. The molecule has 1 aromatic heterocycles. The third kappa shape index (κ3) is 5.79. The molecule has 0 fully saturated rings. The van der Waals surface area contributed by atoms with Gasteiger partial charge in [0.05, 0.1) is 6.04 Å². The summed E-state index contributed by atoms with van der Waals surface area (Å²) in [6.45, 7) is 7.42. The van der Waals surface area contributed by atoms with Gasteiger partial charge >= 0.3 is 6.03 Å². The molecule has 0 saturated heterocycles. The topological polar surface area (TPSA) is 61.9 Å². The average molecular weight is 462 g/mol. The lowest BCUT2D eigenvalue weighted by atomic mass is 10.00. The van der Waals surface area contributed by atoms with Crippen molar-refractivity contribution >= 4 is 23.3 Å². The highest BCUT2D eigenvalue weighted by atomic mass is 32.1. The van der Waals surface area contributed by atoms with Crippen molar-refractivity contribution in [2.24, 2.45) is 0 Å². The number of fused-ring (bicyclic) bond motifs is 1. The van der Waals surface area contributed by atoms with Crippen molar-refractivity contribution in [1.29, 1.82) is 0 Å². The number of rotatable bonds is 9. The van der Waals surface area contributed by atoms with Crippen LogP contribution in [0.5, 0.6) is 5.75 Å². The standard InChI is InChI=1S/C24H32FN3O3S/c1-4-12-26-24(30)28(17(3)5-2)15-23(29)27-13-10-22-20(11-14-32-22)21(27)16-31-19-8-6-18(25)7-9-19/h6-9,11,14,17,21H,4-5,10,12-13,15-16H2,1-3H3,(H,26,30)/t17-,21+/m0/s1. The quantitative estimate of drug-likeness (QED) is 0.593. The Hall–Kier alpha value is -2.61. The van der Waals surface area contributed by atoms with Crippen LogP contribution in [0.4, 0.5) is 9.18 Å². The largest absolute Gasteiger partial charge is 0.491 e. The molecule has 1 N–H and O–H groups in total. The van der Waals surface area contributed by atoms with Gasteiger partial charge in [-0.15, -0.1) is 11.3 Å². The maximum atomic E-state index is 13.4. The minimum absolute atomic E-state index is 0.0249. The van der Waals surface area contributed by atoms with E-state index in [0.717, 1.165) is 24.8 Å². The van der Waals surface area contributed by atoms with Gasteiger partial charge in [0.1, 0.15) is 24.7 Å². The summed E-state index contributed by atoms with van der Waals surface area (Å²) >= 11 is 1.69. The molecule has 1 aromatic carbocycles. The maximum absolute atomic E-state index is 13.4. The Balaban J connectivity index is 1.75. The number of carbonyl (C=O) groups is 2. The molecule has 0 radical (unpaired) electrons. The summed E-state index contributed by atoms with van der Waals surface area (Å²) in [6, 6.07) is 7.41. The predicted molar refractivity (Wildman–Crippen MR) is 125 cm³/mol. The maximum Gasteiger partial charge on any atom is 0.318 e. The zero-order valence-electron chi connectivity index (χ0n) is 19.0. The summed E-state index contributed by atoms with van der Waals surface area (Å²) in [6.07, 6.45) is 2.39. The average Bonchev–Trinajstić information content (AvgIpc) is 3.29. The highest BCUT2D eigenvalue weighted by Crippen LogP contribution is 2.34. The first-order valence-electron chi connectivity index (χ1n) is 11.2. The van der Waals surface area contributed by atoms with Crippen LogP contribution in [-0.4, -0.2) is 54.0 Å². The van der Waals surface area contributed by atoms with Gasteiger partial charge in [0, 0.05) is 24.0 Å². The molecular formula is C24H32FN3O3S. The molecule has 0 aliphatic carbocycles. The summed E-state index contributed by atoms with van der Waals surface area (Å²) in [7, 11) is 0. The minimum atomic E-state index is -0.321. The molecule has 2 aromatic rings. The molecule has 3 amide bonds. The van der Waals surface area contributed by atoms with Gasteiger partial charge in [-0.3, -0.25) is 4.79 Å². The van der Waals surface area contributed by atoms with Crippen molar-refractivity contribution in [3.05, 3.63) is 52.0 Å². The SMILES string of the molecule is CCCNC(=O)N(CC(=O)N1CCc2sccc2[C@H]1COc1ccc(F)cc1)[C@@H](C)CC. The van der Waals surface area contributed by atoms with Crippen LogP contribution < -0.4 is 10.1 Å². The van der Waals surface area contributed by atoms with Crippen LogP contribution in [0.1, 0.15) is 50.1 Å². The second-order valence-electron chi connectivity index (χ2n) is 8.03. The van der Waals surface area contributed by atoms with Crippen molar-refractivity contribution in [3.8, 4) is 5.75 Å². The number of urea groups is 1. The zero-order valence-corrected chi connectivity index (χ0v) is 19.8. The third-order valence-corrected chi connectivity index (χ3v) is 6.85. The van der Waals surface area contributed by atoms with E-state index in [9.17, 15) is 14.0 Å². The van der Waals surface area contributed by atoms with E-state index in [0.29, 0.717) is 18.8 Å². The molecule has 1 aliphatic rings. The fraction of sp³-hybridized carbons (Fsp3) is 0.500. The Bertz CT molecular complexity index is 902. The molecule has 174 valence electrons. The first kappa shape index (κ1) is 24.0. The van der Waals surface area contributed by atoms with Gasteiger partial charge in [-0.05, 0) is 67.5 Å². The molecule has 6 nitrogen and oxygen atoms in total. The number of nitrogens with zero attached hydrogens (tertiary/aromatic N) is 2. The first-order valence-corrected chi connectivity index (χ1v) is 12.1. The lowest BCUT2D eigenvalue weighted by Gasteiger charge is -2.38. The summed E-state index contributed by atoms with van der Waals surface area (Å²) in [5.41, 5.74) is 1.09. The molecule has 1 aliphatic heterocycles. The van der Waals surface area contributed by atoms with Gasteiger partial charge in [0.15, 0.2) is 0 Å². The number of amides is 3. The third-order valence-electron chi connectivity index (χ3n) is 5.85. The van der Waals surface area contributed by atoms with Crippen molar-refractivity contribution in [3.63, 3.8) is 0 Å². The number of hydrogen-bond donors (Lipinski definition) is 1. The Morgan fingerprint density at radius 1 is 1.28 bits per heavy atom. The van der Waals surface area contributed by atoms with Gasteiger partial charge < -0.3 is 19.9 Å². The second-order valence-corrected chi connectivity index (χ2v) is 9.03. The van der Waals surface area contributed by atoms with Gasteiger partial charge in [-0.25, -0.2) is 9.18 Å². The monoisotopic (exact) mass is 461 g/mol. The van der Waals surface area contributed by atoms with Crippen LogP contribution in [0.25, 0.3) is 0 Å². The van der Waals surface area contributed by atoms with Crippen LogP contribution in [0, 0.1) is 5.82 Å². The fourth-order valence-corrected chi connectivity index (χ4v) is 4.73. The number of nitrogens with one attached hydrogen (secondary N) is 1. The number of benzene rings is 1. The molecule has 32 heavy (non-hydrogen) atoms. The van der Waals surface area contributed by atoms with Crippen molar-refractivity contribution in [2.75, 3.05) is 26.2 Å². The molecule has 0 spiro atoms. The van der Waals surface area contributed by atoms with E-state index in [1.807, 2.05) is 37.1 Å². The predicted octanol–water partition coefficient (Wildman–Crippen LogP) is 4.61. The Kier molecular flexibility index (Phi) is 8.50. The van der Waals surface area contributed by atoms with Crippen molar-refractivity contribution in [2.45, 2.75) is 52.1 Å². The Morgan fingerprint density at radius 2 is 2.03 bits per heavy atom. The zero-order chi connectivity index (χ0) is 23.1. The number of halogens is 1. The van der Waals surface area contributed by atoms with Crippen LogP contribution in [0.15, 0.2) is 35.7 Å².